The van der Waals surface area contributed by atoms with Gasteiger partial charge < -0.3 is 23.1 Å². The summed E-state index contributed by atoms with van der Waals surface area (Å²) in [5.74, 6) is -1.53. The molecular formula is C33H49N5O9Si2. The normalized spacial score (nSPS) is 20.3. The molecule has 1 N–H and O–H groups in total. The minimum absolute atomic E-state index is 0.0301. The molecule has 0 unspecified atom stereocenters. The highest BCUT2D eigenvalue weighted by molar-refractivity contribution is 6.74. The molecule has 0 aliphatic carbocycles. The molecule has 49 heavy (non-hydrogen) atoms. The van der Waals surface area contributed by atoms with Crippen LogP contribution in [0.5, 0.6) is 0 Å². The van der Waals surface area contributed by atoms with Gasteiger partial charge in [0.05, 0.1) is 20.0 Å². The molecule has 1 aromatic carbocycles. The smallest absolute Gasteiger partial charge is 0.438 e. The number of amides is 1. The van der Waals surface area contributed by atoms with Crippen LogP contribution in [0.25, 0.3) is 11.2 Å². The Morgan fingerprint density at radius 3 is 2.12 bits per heavy atom. The van der Waals surface area contributed by atoms with Gasteiger partial charge >= 0.3 is 6.16 Å². The second-order valence-corrected chi connectivity index (χ2v) is 24.8. The first kappa shape index (κ1) is 38.1. The highest BCUT2D eigenvalue weighted by Gasteiger charge is 2.54. The van der Waals surface area contributed by atoms with Crippen LogP contribution >= 0.6 is 0 Å². The molecule has 1 fully saturated rings. The van der Waals surface area contributed by atoms with E-state index in [0.29, 0.717) is 0 Å². The van der Waals surface area contributed by atoms with Crippen LogP contribution in [0, 0.1) is 0 Å². The monoisotopic (exact) mass is 715 g/mol. The standard InChI is InChI=1S/C33H49N5O9Si2/c1-20(39)35-30-36-26-23(28(41)38(30)27(40)21-16-14-13-15-17-21)34-19-37(26)29-25(47-49(11,12)33(5,6)7)24(46-31(42)43-8)22(45-29)18-44-48(9,10)32(2,3)4/h13-17,19,22,24-25,29H,18H2,1-12H3,(H,35,36,39)/t22-,24-,25-,29-/m1/s1. The molecular weight excluding hydrogens is 667 g/mol. The number of ether oxygens (including phenoxy) is 3. The maximum absolute atomic E-state index is 13.9. The Morgan fingerprint density at radius 2 is 1.57 bits per heavy atom. The highest BCUT2D eigenvalue weighted by atomic mass is 28.4. The van der Waals surface area contributed by atoms with Gasteiger partial charge in [0, 0.05) is 12.5 Å². The van der Waals surface area contributed by atoms with E-state index in [1.54, 1.807) is 30.3 Å². The van der Waals surface area contributed by atoms with Crippen molar-refractivity contribution in [3.05, 3.63) is 52.6 Å². The van der Waals surface area contributed by atoms with Gasteiger partial charge in [0.2, 0.25) is 11.9 Å². The highest BCUT2D eigenvalue weighted by Crippen LogP contribution is 2.44. The molecule has 0 radical (unpaired) electrons. The van der Waals surface area contributed by atoms with Crippen molar-refractivity contribution in [2.24, 2.45) is 0 Å². The van der Waals surface area contributed by atoms with Crippen LogP contribution in [0.1, 0.15) is 65.1 Å². The molecule has 1 aliphatic rings. The van der Waals surface area contributed by atoms with E-state index in [1.807, 2.05) is 0 Å². The first-order chi connectivity index (χ1) is 22.6. The zero-order valence-corrected chi connectivity index (χ0v) is 32.4. The molecule has 1 amide bonds. The Balaban J connectivity index is 1.90. The van der Waals surface area contributed by atoms with Crippen molar-refractivity contribution >= 4 is 51.7 Å². The van der Waals surface area contributed by atoms with Crippen molar-refractivity contribution < 1.29 is 37.4 Å². The Morgan fingerprint density at radius 1 is 0.959 bits per heavy atom. The van der Waals surface area contributed by atoms with Crippen molar-refractivity contribution in [2.45, 2.75) is 109 Å². The molecule has 14 nitrogen and oxygen atoms in total. The van der Waals surface area contributed by atoms with E-state index in [1.165, 1.54) is 24.9 Å². The van der Waals surface area contributed by atoms with Crippen LogP contribution in [0.2, 0.25) is 36.3 Å². The van der Waals surface area contributed by atoms with Gasteiger partial charge in [0.1, 0.15) is 12.2 Å². The average Bonchev–Trinajstić information content (AvgIpc) is 3.55. The molecule has 0 spiro atoms. The fourth-order valence-electron chi connectivity index (χ4n) is 4.81. The zero-order chi connectivity index (χ0) is 36.7. The summed E-state index contributed by atoms with van der Waals surface area (Å²) in [7, 11) is -3.65. The number of hydrogen-bond acceptors (Lipinski definition) is 11. The molecule has 268 valence electrons. The number of carbonyl (C=O) groups is 3. The quantitative estimate of drug-likeness (QED) is 0.214. The van der Waals surface area contributed by atoms with Crippen LogP contribution in [0.3, 0.4) is 0 Å². The maximum atomic E-state index is 13.9. The molecule has 3 heterocycles. The molecule has 4 rings (SSSR count). The number of fused-ring (bicyclic) bond motifs is 1. The number of carbonyl (C=O) groups excluding carboxylic acids is 3. The van der Waals surface area contributed by atoms with Gasteiger partial charge in [-0.2, -0.15) is 4.98 Å². The van der Waals surface area contributed by atoms with Crippen LogP contribution in [0.15, 0.2) is 41.5 Å². The minimum Gasteiger partial charge on any atom is -0.438 e. The number of anilines is 1. The predicted molar refractivity (Wildman–Crippen MR) is 189 cm³/mol. The zero-order valence-electron chi connectivity index (χ0n) is 30.4. The second-order valence-electron chi connectivity index (χ2n) is 15.3. The molecule has 3 aromatic rings. The SMILES string of the molecule is COC(=O)O[C@H]1[C@@H](O[Si](C)(C)C(C)(C)C)[C@H](n2cnc3c(=O)n(C(=O)c4ccccc4)c(NC(C)=O)nc32)O[C@@H]1CO[Si](C)(C)C(C)(C)C. The van der Waals surface area contributed by atoms with Crippen LogP contribution in [-0.2, 0) is 27.9 Å². The van der Waals surface area contributed by atoms with E-state index in [4.69, 9.17) is 23.1 Å². The van der Waals surface area contributed by atoms with Gasteiger partial charge in [-0.1, -0.05) is 59.7 Å². The van der Waals surface area contributed by atoms with Crippen molar-refractivity contribution in [1.29, 1.82) is 0 Å². The molecule has 4 atom stereocenters. The Kier molecular flexibility index (Phi) is 10.8. The van der Waals surface area contributed by atoms with E-state index < -0.39 is 64.7 Å². The molecule has 1 aliphatic heterocycles. The number of methoxy groups -OCH3 is 1. The summed E-state index contributed by atoms with van der Waals surface area (Å²) in [6, 6.07) is 8.17. The first-order valence-corrected chi connectivity index (χ1v) is 22.0. The average molecular weight is 716 g/mol. The fourth-order valence-corrected chi connectivity index (χ4v) is 7.11. The number of nitrogens with zero attached hydrogens (tertiary/aromatic N) is 4. The lowest BCUT2D eigenvalue weighted by Crippen LogP contribution is -2.50. The third kappa shape index (κ3) is 7.88. The lowest BCUT2D eigenvalue weighted by Gasteiger charge is -2.40. The summed E-state index contributed by atoms with van der Waals surface area (Å²) in [6.45, 7) is 22.3. The summed E-state index contributed by atoms with van der Waals surface area (Å²) in [4.78, 5) is 61.4. The van der Waals surface area contributed by atoms with Gasteiger partial charge in [-0.05, 0) is 48.4 Å². The van der Waals surface area contributed by atoms with Crippen LogP contribution in [0.4, 0.5) is 10.7 Å². The van der Waals surface area contributed by atoms with Crippen LogP contribution in [-0.4, -0.2) is 85.7 Å². The number of imidazole rings is 1. The number of benzene rings is 1. The van der Waals surface area contributed by atoms with Gasteiger partial charge in [0.25, 0.3) is 11.5 Å². The van der Waals surface area contributed by atoms with Crippen molar-refractivity contribution in [2.75, 3.05) is 19.0 Å². The summed E-state index contributed by atoms with van der Waals surface area (Å²) in [5.41, 5.74) is -0.686. The second kappa shape index (κ2) is 13.9. The molecule has 1 saturated heterocycles. The number of nitrogens with one attached hydrogen (secondary N) is 1. The largest absolute Gasteiger partial charge is 0.508 e. The fraction of sp³-hybridized carbons (Fsp3) is 0.576. The van der Waals surface area contributed by atoms with Gasteiger partial charge in [-0.15, -0.1) is 0 Å². The van der Waals surface area contributed by atoms with Gasteiger partial charge in [-0.25, -0.2) is 14.3 Å². The third-order valence-corrected chi connectivity index (χ3v) is 18.7. The molecule has 2 aromatic heterocycles. The number of rotatable bonds is 9. The third-order valence-electron chi connectivity index (χ3n) is 9.72. The topological polar surface area (TPSA) is 162 Å². The maximum Gasteiger partial charge on any atom is 0.508 e. The summed E-state index contributed by atoms with van der Waals surface area (Å²) >= 11 is 0. The van der Waals surface area contributed by atoms with Crippen molar-refractivity contribution in [1.82, 2.24) is 19.1 Å². The van der Waals surface area contributed by atoms with E-state index in [-0.39, 0.29) is 39.4 Å². The summed E-state index contributed by atoms with van der Waals surface area (Å²) in [6.07, 6.45) is -3.26. The van der Waals surface area contributed by atoms with Crippen molar-refractivity contribution in [3.8, 4) is 0 Å². The molecule has 0 bridgehead atoms. The minimum atomic E-state index is -2.58. The van der Waals surface area contributed by atoms with E-state index >= 15 is 0 Å². The number of aromatic nitrogens is 4. The van der Waals surface area contributed by atoms with E-state index in [2.05, 4.69) is 83.0 Å². The van der Waals surface area contributed by atoms with E-state index in [9.17, 15) is 19.2 Å². The lowest BCUT2D eigenvalue weighted by molar-refractivity contribution is -0.114. The Labute approximate surface area is 288 Å². The Bertz CT molecular complexity index is 1760. The van der Waals surface area contributed by atoms with E-state index in [0.717, 1.165) is 4.57 Å². The van der Waals surface area contributed by atoms with Gasteiger partial charge in [-0.3, -0.25) is 24.3 Å². The Hall–Kier alpha value is -3.71. The first-order valence-electron chi connectivity index (χ1n) is 16.2. The summed E-state index contributed by atoms with van der Waals surface area (Å²) in [5, 5.41) is 2.16. The lowest BCUT2D eigenvalue weighted by atomic mass is 10.1. The van der Waals surface area contributed by atoms with Gasteiger partial charge in [0.15, 0.2) is 40.1 Å². The molecule has 16 heteroatoms. The van der Waals surface area contributed by atoms with Crippen molar-refractivity contribution in [3.63, 3.8) is 0 Å². The molecule has 0 saturated carbocycles. The number of hydrogen-bond donors (Lipinski definition) is 1. The predicted octanol–water partition coefficient (Wildman–Crippen LogP) is 5.70. The summed E-state index contributed by atoms with van der Waals surface area (Å²) < 4.78 is 33.2. The van der Waals surface area contributed by atoms with Crippen LogP contribution < -0.4 is 10.9 Å².